The summed E-state index contributed by atoms with van der Waals surface area (Å²) in [7, 11) is 0. The molecule has 3 heterocycles. The van der Waals surface area contributed by atoms with Crippen molar-refractivity contribution >= 4 is 29.2 Å². The van der Waals surface area contributed by atoms with E-state index in [1.807, 2.05) is 6.92 Å². The van der Waals surface area contributed by atoms with Crippen LogP contribution in [0.5, 0.6) is 0 Å². The molecule has 0 spiro atoms. The highest BCUT2D eigenvalue weighted by molar-refractivity contribution is 6.36. The van der Waals surface area contributed by atoms with Crippen LogP contribution in [0.15, 0.2) is 42.6 Å². The highest BCUT2D eigenvalue weighted by Gasteiger charge is 2.29. The number of amides is 2. The molecule has 3 aromatic rings. The standard InChI is InChI=1S/C25H21F2N3O3/c1-14-19(25(32)30-7-9-33-10-8-30)13-28-22(14)12-18-23-17(3-2-4-21(23)29-24(18)31)16-6-5-15(26)11-20(16)27/h2-6,11-13,28H,7-10H2,1H3,(H,29,31)/b18-12-. The van der Waals surface area contributed by atoms with E-state index >= 15 is 0 Å². The molecule has 1 saturated heterocycles. The maximum Gasteiger partial charge on any atom is 0.256 e. The van der Waals surface area contributed by atoms with Gasteiger partial charge in [0.05, 0.1) is 24.4 Å². The lowest BCUT2D eigenvalue weighted by Crippen LogP contribution is -2.40. The molecule has 2 amide bonds. The SMILES string of the molecule is Cc1c(C(=O)N2CCOCC2)c[nH]c1/C=C1\C(=O)Nc2cccc(-c3ccc(F)cc3F)c21. The van der Waals surface area contributed by atoms with Crippen molar-refractivity contribution in [1.82, 2.24) is 9.88 Å². The molecule has 2 aromatic carbocycles. The summed E-state index contributed by atoms with van der Waals surface area (Å²) in [4.78, 5) is 30.6. The molecule has 0 radical (unpaired) electrons. The molecule has 1 aromatic heterocycles. The minimum atomic E-state index is -0.712. The van der Waals surface area contributed by atoms with E-state index < -0.39 is 11.6 Å². The molecule has 0 unspecified atom stereocenters. The van der Waals surface area contributed by atoms with Gasteiger partial charge in [-0.15, -0.1) is 0 Å². The van der Waals surface area contributed by atoms with E-state index in [4.69, 9.17) is 4.74 Å². The van der Waals surface area contributed by atoms with E-state index in [2.05, 4.69) is 10.3 Å². The summed E-state index contributed by atoms with van der Waals surface area (Å²) < 4.78 is 33.3. The lowest BCUT2D eigenvalue weighted by molar-refractivity contribution is -0.110. The summed E-state index contributed by atoms with van der Waals surface area (Å²) in [5, 5.41) is 2.80. The van der Waals surface area contributed by atoms with Crippen LogP contribution in [0.2, 0.25) is 0 Å². The largest absolute Gasteiger partial charge is 0.378 e. The zero-order valence-electron chi connectivity index (χ0n) is 17.9. The van der Waals surface area contributed by atoms with Gasteiger partial charge in [0.1, 0.15) is 11.6 Å². The van der Waals surface area contributed by atoms with Crippen molar-refractivity contribution in [3.63, 3.8) is 0 Å². The normalized spacial score (nSPS) is 16.8. The third-order valence-corrected chi connectivity index (χ3v) is 6.05. The van der Waals surface area contributed by atoms with E-state index in [9.17, 15) is 18.4 Å². The molecule has 8 heteroatoms. The molecule has 6 nitrogen and oxygen atoms in total. The number of ether oxygens (including phenoxy) is 1. The number of morpholine rings is 1. The van der Waals surface area contributed by atoms with Crippen molar-refractivity contribution in [1.29, 1.82) is 0 Å². The average molecular weight is 449 g/mol. The Hall–Kier alpha value is -3.78. The summed E-state index contributed by atoms with van der Waals surface area (Å²) in [6.07, 6.45) is 3.30. The first-order chi connectivity index (χ1) is 15.9. The van der Waals surface area contributed by atoms with Gasteiger partial charge < -0.3 is 19.9 Å². The van der Waals surface area contributed by atoms with Crippen molar-refractivity contribution in [2.24, 2.45) is 0 Å². The van der Waals surface area contributed by atoms with Crippen molar-refractivity contribution in [3.8, 4) is 11.1 Å². The Morgan fingerprint density at radius 2 is 1.91 bits per heavy atom. The number of hydrogen-bond donors (Lipinski definition) is 2. The molecule has 0 aliphatic carbocycles. The number of anilines is 1. The highest BCUT2D eigenvalue weighted by atomic mass is 19.1. The van der Waals surface area contributed by atoms with Crippen LogP contribution >= 0.6 is 0 Å². The lowest BCUT2D eigenvalue weighted by atomic mass is 9.93. The van der Waals surface area contributed by atoms with Crippen LogP contribution in [-0.2, 0) is 9.53 Å². The fraction of sp³-hybridized carbons (Fsp3) is 0.200. The Morgan fingerprint density at radius 1 is 1.12 bits per heavy atom. The quantitative estimate of drug-likeness (QED) is 0.588. The van der Waals surface area contributed by atoms with Crippen molar-refractivity contribution in [3.05, 3.63) is 76.6 Å². The van der Waals surface area contributed by atoms with Crippen LogP contribution in [0, 0.1) is 18.6 Å². The molecule has 33 heavy (non-hydrogen) atoms. The van der Waals surface area contributed by atoms with Gasteiger partial charge in [-0.1, -0.05) is 12.1 Å². The second kappa shape index (κ2) is 8.29. The van der Waals surface area contributed by atoms with Gasteiger partial charge in [-0.2, -0.15) is 0 Å². The van der Waals surface area contributed by atoms with Crippen LogP contribution in [0.1, 0.15) is 27.2 Å². The number of halogens is 2. The number of aromatic nitrogens is 1. The Balaban J connectivity index is 1.56. The fourth-order valence-corrected chi connectivity index (χ4v) is 4.28. The number of nitrogens with one attached hydrogen (secondary N) is 2. The topological polar surface area (TPSA) is 74.4 Å². The number of nitrogens with zero attached hydrogens (tertiary/aromatic N) is 1. The van der Waals surface area contributed by atoms with Crippen LogP contribution in [0.3, 0.4) is 0 Å². The second-order valence-corrected chi connectivity index (χ2v) is 8.01. The maximum atomic E-state index is 14.6. The first kappa shape index (κ1) is 21.1. The predicted octanol–water partition coefficient (Wildman–Crippen LogP) is 4.23. The molecule has 1 fully saturated rings. The molecular weight excluding hydrogens is 428 g/mol. The van der Waals surface area contributed by atoms with Gasteiger partial charge in [-0.3, -0.25) is 9.59 Å². The molecule has 168 valence electrons. The van der Waals surface area contributed by atoms with Crippen molar-refractivity contribution in [2.75, 3.05) is 31.6 Å². The number of benzene rings is 2. The van der Waals surface area contributed by atoms with Gasteiger partial charge in [-0.05, 0) is 42.3 Å². The third-order valence-electron chi connectivity index (χ3n) is 6.05. The van der Waals surface area contributed by atoms with E-state index in [1.165, 1.54) is 12.1 Å². The first-order valence-electron chi connectivity index (χ1n) is 10.6. The summed E-state index contributed by atoms with van der Waals surface area (Å²) in [5.74, 6) is -1.82. The van der Waals surface area contributed by atoms with Crippen LogP contribution in [0.25, 0.3) is 22.8 Å². The van der Waals surface area contributed by atoms with E-state index in [0.29, 0.717) is 65.5 Å². The number of carbonyl (C=O) groups excluding carboxylic acids is 2. The summed E-state index contributed by atoms with van der Waals surface area (Å²) in [5.41, 5.74) is 3.93. The first-order valence-corrected chi connectivity index (χ1v) is 10.6. The molecule has 2 aliphatic rings. The van der Waals surface area contributed by atoms with E-state index in [0.717, 1.165) is 6.07 Å². The monoisotopic (exact) mass is 449 g/mol. The minimum absolute atomic E-state index is 0.0953. The Labute approximate surface area is 188 Å². The van der Waals surface area contributed by atoms with Crippen LogP contribution in [0.4, 0.5) is 14.5 Å². The number of rotatable bonds is 3. The van der Waals surface area contributed by atoms with Gasteiger partial charge in [0.25, 0.3) is 11.8 Å². The number of H-pyrrole nitrogens is 1. The van der Waals surface area contributed by atoms with Crippen molar-refractivity contribution in [2.45, 2.75) is 6.92 Å². The van der Waals surface area contributed by atoms with Gasteiger partial charge in [0.2, 0.25) is 0 Å². The van der Waals surface area contributed by atoms with Crippen molar-refractivity contribution < 1.29 is 23.1 Å². The number of aromatic amines is 1. The summed E-state index contributed by atoms with van der Waals surface area (Å²) in [6.45, 7) is 3.89. The molecular formula is C25H21F2N3O3. The van der Waals surface area contributed by atoms with Gasteiger partial charge in [-0.25, -0.2) is 8.78 Å². The molecule has 5 rings (SSSR count). The average Bonchev–Trinajstić information content (AvgIpc) is 3.33. The fourth-order valence-electron chi connectivity index (χ4n) is 4.28. The predicted molar refractivity (Wildman–Crippen MR) is 121 cm³/mol. The molecule has 2 aliphatic heterocycles. The Morgan fingerprint density at radius 3 is 2.67 bits per heavy atom. The van der Waals surface area contributed by atoms with Gasteiger partial charge in [0, 0.05) is 47.9 Å². The Bertz CT molecular complexity index is 1310. The van der Waals surface area contributed by atoms with Crippen LogP contribution < -0.4 is 5.32 Å². The van der Waals surface area contributed by atoms with Crippen LogP contribution in [-0.4, -0.2) is 48.0 Å². The summed E-state index contributed by atoms with van der Waals surface area (Å²) >= 11 is 0. The zero-order chi connectivity index (χ0) is 23.1. The molecule has 2 N–H and O–H groups in total. The molecule has 0 saturated carbocycles. The summed E-state index contributed by atoms with van der Waals surface area (Å²) in [6, 6.07) is 8.50. The maximum absolute atomic E-state index is 14.6. The molecule has 0 bridgehead atoms. The van der Waals surface area contributed by atoms with E-state index in [-0.39, 0.29) is 17.4 Å². The minimum Gasteiger partial charge on any atom is -0.378 e. The zero-order valence-corrected chi connectivity index (χ0v) is 17.9. The van der Waals surface area contributed by atoms with E-state index in [1.54, 1.807) is 35.4 Å². The lowest BCUT2D eigenvalue weighted by Gasteiger charge is -2.26. The van der Waals surface area contributed by atoms with Gasteiger partial charge in [0.15, 0.2) is 0 Å². The number of carbonyl (C=O) groups is 2. The second-order valence-electron chi connectivity index (χ2n) is 8.01. The third kappa shape index (κ3) is 3.72. The number of fused-ring (bicyclic) bond motifs is 1. The van der Waals surface area contributed by atoms with Gasteiger partial charge >= 0.3 is 0 Å². The highest BCUT2D eigenvalue weighted by Crippen LogP contribution is 2.41. The Kier molecular flexibility index (Phi) is 5.30. The molecule has 0 atom stereocenters. The smallest absolute Gasteiger partial charge is 0.256 e. The number of hydrogen-bond acceptors (Lipinski definition) is 3.